The Labute approximate surface area is 103 Å². The van der Waals surface area contributed by atoms with E-state index in [2.05, 4.69) is 21.2 Å². The number of amides is 1. The third kappa shape index (κ3) is 2.86. The number of hydrogen-bond acceptors (Lipinski definition) is 3. The van der Waals surface area contributed by atoms with Crippen molar-refractivity contribution in [2.24, 2.45) is 5.73 Å². The van der Waals surface area contributed by atoms with Gasteiger partial charge in [0.25, 0.3) is 5.91 Å². The van der Waals surface area contributed by atoms with Gasteiger partial charge in [-0.3, -0.25) is 4.79 Å². The monoisotopic (exact) mass is 286 g/mol. The molecule has 2 rings (SSSR count). The van der Waals surface area contributed by atoms with E-state index in [4.69, 9.17) is 10.2 Å². The minimum atomic E-state index is -0.0741. The molecule has 4 nitrogen and oxygen atoms in total. The number of nitrogens with two attached hydrogens (primary N) is 1. The number of furan rings is 1. The molecule has 0 saturated heterocycles. The maximum Gasteiger partial charge on any atom is 0.254 e. The second-order valence-electron chi connectivity index (χ2n) is 4.22. The van der Waals surface area contributed by atoms with E-state index in [9.17, 15) is 4.79 Å². The molecule has 1 saturated carbocycles. The van der Waals surface area contributed by atoms with Crippen LogP contribution in [0.3, 0.4) is 0 Å². The second kappa shape index (κ2) is 5.01. The van der Waals surface area contributed by atoms with Crippen LogP contribution in [0.2, 0.25) is 0 Å². The zero-order chi connectivity index (χ0) is 11.5. The van der Waals surface area contributed by atoms with Crippen molar-refractivity contribution in [3.63, 3.8) is 0 Å². The van der Waals surface area contributed by atoms with Gasteiger partial charge < -0.3 is 15.5 Å². The summed E-state index contributed by atoms with van der Waals surface area (Å²) in [6, 6.07) is 2.22. The Morgan fingerprint density at radius 2 is 2.12 bits per heavy atom. The van der Waals surface area contributed by atoms with Crippen molar-refractivity contribution < 1.29 is 9.21 Å². The van der Waals surface area contributed by atoms with Crippen LogP contribution in [0.4, 0.5) is 0 Å². The van der Waals surface area contributed by atoms with E-state index < -0.39 is 0 Å². The molecule has 88 valence electrons. The van der Waals surface area contributed by atoms with Crippen molar-refractivity contribution in [1.82, 2.24) is 5.32 Å². The molecule has 0 spiro atoms. The predicted molar refractivity (Wildman–Crippen MR) is 64.1 cm³/mol. The summed E-state index contributed by atoms with van der Waals surface area (Å²) in [5.74, 6) is -0.0741. The molecule has 1 aliphatic rings. The fourth-order valence-corrected chi connectivity index (χ4v) is 2.30. The normalized spacial score (nSPS) is 25.4. The number of carbonyl (C=O) groups excluding carboxylic acids is 1. The molecule has 0 unspecified atom stereocenters. The van der Waals surface area contributed by atoms with E-state index in [1.165, 1.54) is 6.26 Å². The molecule has 0 aliphatic heterocycles. The molecule has 1 aliphatic carbocycles. The molecule has 1 amide bonds. The topological polar surface area (TPSA) is 68.3 Å². The second-order valence-corrected chi connectivity index (χ2v) is 5.01. The lowest BCUT2D eigenvalue weighted by molar-refractivity contribution is 0.0925. The molecule has 0 bridgehead atoms. The van der Waals surface area contributed by atoms with E-state index in [-0.39, 0.29) is 11.9 Å². The first-order valence-corrected chi connectivity index (χ1v) is 6.25. The molecular formula is C11H15BrN2O2. The fourth-order valence-electron chi connectivity index (χ4n) is 1.96. The highest BCUT2D eigenvalue weighted by atomic mass is 79.9. The van der Waals surface area contributed by atoms with E-state index >= 15 is 0 Å². The van der Waals surface area contributed by atoms with Gasteiger partial charge in [-0.1, -0.05) is 0 Å². The van der Waals surface area contributed by atoms with E-state index in [1.807, 2.05) is 0 Å². The minimum Gasteiger partial charge on any atom is -0.457 e. The van der Waals surface area contributed by atoms with Gasteiger partial charge in [-0.05, 0) is 41.6 Å². The Hall–Kier alpha value is -0.810. The van der Waals surface area contributed by atoms with Crippen molar-refractivity contribution in [3.8, 4) is 0 Å². The summed E-state index contributed by atoms with van der Waals surface area (Å²) in [6.45, 7) is 0. The molecule has 3 N–H and O–H groups in total. The van der Waals surface area contributed by atoms with E-state index in [1.54, 1.807) is 6.07 Å². The summed E-state index contributed by atoms with van der Waals surface area (Å²) in [5, 5.41) is 2.99. The van der Waals surface area contributed by atoms with Crippen molar-refractivity contribution in [2.75, 3.05) is 0 Å². The van der Waals surface area contributed by atoms with Crippen LogP contribution in [0, 0.1) is 0 Å². The van der Waals surface area contributed by atoms with Crippen LogP contribution in [0.15, 0.2) is 21.4 Å². The molecular weight excluding hydrogens is 272 g/mol. The summed E-state index contributed by atoms with van der Waals surface area (Å²) in [4.78, 5) is 11.8. The van der Waals surface area contributed by atoms with Gasteiger partial charge in [0.15, 0.2) is 4.67 Å². The molecule has 1 fully saturated rings. The van der Waals surface area contributed by atoms with Gasteiger partial charge in [-0.25, -0.2) is 0 Å². The standard InChI is InChI=1S/C11H15BrN2O2/c12-10-5-7(6-16-10)11(15)14-9-3-1-8(13)2-4-9/h5-6,8-9H,1-4,13H2,(H,14,15). The Balaban J connectivity index is 1.88. The molecule has 0 radical (unpaired) electrons. The number of halogens is 1. The zero-order valence-electron chi connectivity index (χ0n) is 8.91. The number of carbonyl (C=O) groups is 1. The van der Waals surface area contributed by atoms with Crippen LogP contribution >= 0.6 is 15.9 Å². The van der Waals surface area contributed by atoms with Crippen molar-refractivity contribution in [3.05, 3.63) is 22.6 Å². The molecule has 1 aromatic rings. The Bertz CT molecular complexity index is 370. The predicted octanol–water partition coefficient (Wildman–Crippen LogP) is 2.04. The average molecular weight is 287 g/mol. The first-order chi connectivity index (χ1) is 7.65. The first kappa shape index (κ1) is 11.7. The smallest absolute Gasteiger partial charge is 0.254 e. The summed E-state index contributed by atoms with van der Waals surface area (Å²) in [6.07, 6.45) is 5.35. The molecule has 0 aromatic carbocycles. The summed E-state index contributed by atoms with van der Waals surface area (Å²) >= 11 is 3.17. The van der Waals surface area contributed by atoms with Gasteiger partial charge in [0, 0.05) is 18.2 Å². The Morgan fingerprint density at radius 1 is 1.44 bits per heavy atom. The van der Waals surface area contributed by atoms with Gasteiger partial charge in [0.1, 0.15) is 6.26 Å². The Kier molecular flexibility index (Phi) is 3.66. The van der Waals surface area contributed by atoms with Gasteiger partial charge in [0.2, 0.25) is 0 Å². The van der Waals surface area contributed by atoms with E-state index in [0.29, 0.717) is 16.3 Å². The van der Waals surface area contributed by atoms with E-state index in [0.717, 1.165) is 25.7 Å². The quantitative estimate of drug-likeness (QED) is 0.874. The first-order valence-electron chi connectivity index (χ1n) is 5.45. The van der Waals surface area contributed by atoms with Gasteiger partial charge in [-0.2, -0.15) is 0 Å². The molecule has 1 heterocycles. The fraction of sp³-hybridized carbons (Fsp3) is 0.545. The SMILES string of the molecule is NC1CCC(NC(=O)c2coc(Br)c2)CC1. The van der Waals surface area contributed by atoms with Gasteiger partial charge in [0.05, 0.1) is 5.56 Å². The van der Waals surface area contributed by atoms with Crippen LogP contribution in [-0.2, 0) is 0 Å². The maximum absolute atomic E-state index is 11.8. The Morgan fingerprint density at radius 3 is 2.69 bits per heavy atom. The number of hydrogen-bond donors (Lipinski definition) is 2. The maximum atomic E-state index is 11.8. The highest BCUT2D eigenvalue weighted by molar-refractivity contribution is 9.10. The molecule has 0 atom stereocenters. The minimum absolute atomic E-state index is 0.0741. The largest absolute Gasteiger partial charge is 0.457 e. The van der Waals surface area contributed by atoms with Crippen molar-refractivity contribution in [1.29, 1.82) is 0 Å². The van der Waals surface area contributed by atoms with Crippen molar-refractivity contribution >= 4 is 21.8 Å². The summed E-state index contributed by atoms with van der Waals surface area (Å²) < 4.78 is 5.60. The highest BCUT2D eigenvalue weighted by Crippen LogP contribution is 2.18. The zero-order valence-corrected chi connectivity index (χ0v) is 10.5. The third-order valence-electron chi connectivity index (χ3n) is 2.94. The average Bonchev–Trinajstić information content (AvgIpc) is 2.68. The van der Waals surface area contributed by atoms with Crippen LogP contribution in [-0.4, -0.2) is 18.0 Å². The van der Waals surface area contributed by atoms with Gasteiger partial charge in [-0.15, -0.1) is 0 Å². The van der Waals surface area contributed by atoms with Crippen LogP contribution in [0.1, 0.15) is 36.0 Å². The summed E-state index contributed by atoms with van der Waals surface area (Å²) in [7, 11) is 0. The third-order valence-corrected chi connectivity index (χ3v) is 3.35. The van der Waals surface area contributed by atoms with Crippen LogP contribution in [0.25, 0.3) is 0 Å². The lowest BCUT2D eigenvalue weighted by Gasteiger charge is -2.26. The number of nitrogens with one attached hydrogen (secondary N) is 1. The summed E-state index contributed by atoms with van der Waals surface area (Å²) in [5.41, 5.74) is 6.37. The highest BCUT2D eigenvalue weighted by Gasteiger charge is 2.21. The van der Waals surface area contributed by atoms with Crippen LogP contribution < -0.4 is 11.1 Å². The van der Waals surface area contributed by atoms with Crippen LogP contribution in [0.5, 0.6) is 0 Å². The van der Waals surface area contributed by atoms with Gasteiger partial charge >= 0.3 is 0 Å². The molecule has 5 heteroatoms. The molecule has 1 aromatic heterocycles. The van der Waals surface area contributed by atoms with Crippen molar-refractivity contribution in [2.45, 2.75) is 37.8 Å². The number of rotatable bonds is 2. The molecule has 16 heavy (non-hydrogen) atoms. The lowest BCUT2D eigenvalue weighted by Crippen LogP contribution is -2.40. The lowest BCUT2D eigenvalue weighted by atomic mass is 9.92.